The summed E-state index contributed by atoms with van der Waals surface area (Å²) < 4.78 is 13.5. The van der Waals surface area contributed by atoms with Crippen LogP contribution in [0.1, 0.15) is 10.4 Å². The summed E-state index contributed by atoms with van der Waals surface area (Å²) in [5, 5.41) is 18.5. The van der Waals surface area contributed by atoms with Crippen molar-refractivity contribution in [2.75, 3.05) is 5.32 Å². The van der Waals surface area contributed by atoms with Gasteiger partial charge in [-0.05, 0) is 6.07 Å². The number of amides is 1. The number of aromatic amines is 1. The SMILES string of the molecule is O=C(Nc1ncn[nH]1)c1ccc([N+](=O)[O-])cc1F. The van der Waals surface area contributed by atoms with Crippen LogP contribution in [0, 0.1) is 15.9 Å². The van der Waals surface area contributed by atoms with Gasteiger partial charge in [0.15, 0.2) is 0 Å². The molecule has 8 nitrogen and oxygen atoms in total. The lowest BCUT2D eigenvalue weighted by Crippen LogP contribution is -2.14. The first-order chi connectivity index (χ1) is 8.58. The standard InChI is InChI=1S/C9H6FN5O3/c10-7-3-5(15(17)18)1-2-6(7)8(16)13-9-11-4-12-14-9/h1-4H,(H2,11,12,13,14,16). The fourth-order valence-corrected chi connectivity index (χ4v) is 1.24. The number of anilines is 1. The van der Waals surface area contributed by atoms with Gasteiger partial charge in [0.05, 0.1) is 16.6 Å². The molecule has 0 fully saturated rings. The average Bonchev–Trinajstić information content (AvgIpc) is 2.81. The van der Waals surface area contributed by atoms with Crippen LogP contribution in [-0.2, 0) is 0 Å². The van der Waals surface area contributed by atoms with Crippen LogP contribution >= 0.6 is 0 Å². The predicted molar refractivity (Wildman–Crippen MR) is 57.4 cm³/mol. The Hall–Kier alpha value is -2.84. The van der Waals surface area contributed by atoms with Crippen LogP contribution in [0.3, 0.4) is 0 Å². The Bertz CT molecular complexity index is 598. The molecule has 0 spiro atoms. The van der Waals surface area contributed by atoms with Crippen LogP contribution in [0.4, 0.5) is 16.0 Å². The highest BCUT2D eigenvalue weighted by Gasteiger charge is 2.16. The van der Waals surface area contributed by atoms with Gasteiger partial charge in [-0.25, -0.2) is 9.49 Å². The summed E-state index contributed by atoms with van der Waals surface area (Å²) in [5.74, 6) is -1.71. The molecule has 0 unspecified atom stereocenters. The molecule has 0 aliphatic rings. The number of carbonyl (C=O) groups excluding carboxylic acids is 1. The van der Waals surface area contributed by atoms with E-state index in [1.165, 1.54) is 6.33 Å². The number of hydrogen-bond acceptors (Lipinski definition) is 5. The lowest BCUT2D eigenvalue weighted by Gasteiger charge is -2.02. The Morgan fingerprint density at radius 2 is 2.28 bits per heavy atom. The molecule has 0 atom stereocenters. The number of carbonyl (C=O) groups is 1. The molecule has 18 heavy (non-hydrogen) atoms. The Morgan fingerprint density at radius 1 is 1.50 bits per heavy atom. The van der Waals surface area contributed by atoms with Gasteiger partial charge in [-0.1, -0.05) is 0 Å². The Morgan fingerprint density at radius 3 is 2.83 bits per heavy atom. The number of aromatic nitrogens is 3. The highest BCUT2D eigenvalue weighted by molar-refractivity contribution is 6.03. The van der Waals surface area contributed by atoms with Crippen molar-refractivity contribution in [2.45, 2.75) is 0 Å². The molecule has 1 aromatic carbocycles. The van der Waals surface area contributed by atoms with Crippen LogP contribution in [0.2, 0.25) is 0 Å². The predicted octanol–water partition coefficient (Wildman–Crippen LogP) is 1.10. The van der Waals surface area contributed by atoms with E-state index in [2.05, 4.69) is 20.5 Å². The van der Waals surface area contributed by atoms with E-state index in [4.69, 9.17) is 0 Å². The van der Waals surface area contributed by atoms with Crippen molar-refractivity contribution in [3.05, 3.63) is 46.0 Å². The second-order valence-corrected chi connectivity index (χ2v) is 3.21. The van der Waals surface area contributed by atoms with Gasteiger partial charge in [-0.15, -0.1) is 0 Å². The van der Waals surface area contributed by atoms with Crippen molar-refractivity contribution in [2.24, 2.45) is 0 Å². The zero-order chi connectivity index (χ0) is 13.1. The number of nitro benzene ring substituents is 1. The number of non-ortho nitro benzene ring substituents is 1. The maximum Gasteiger partial charge on any atom is 0.272 e. The third kappa shape index (κ3) is 2.29. The molecule has 0 aliphatic carbocycles. The fraction of sp³-hybridized carbons (Fsp3) is 0. The largest absolute Gasteiger partial charge is 0.291 e. The maximum absolute atomic E-state index is 13.5. The van der Waals surface area contributed by atoms with E-state index in [-0.39, 0.29) is 11.5 Å². The molecule has 2 rings (SSSR count). The molecular weight excluding hydrogens is 245 g/mol. The van der Waals surface area contributed by atoms with E-state index in [9.17, 15) is 19.3 Å². The first kappa shape index (κ1) is 11.6. The van der Waals surface area contributed by atoms with Crippen LogP contribution in [0.25, 0.3) is 0 Å². The zero-order valence-corrected chi connectivity index (χ0v) is 8.75. The van der Waals surface area contributed by atoms with Gasteiger partial charge in [0.25, 0.3) is 11.6 Å². The number of halogens is 1. The Balaban J connectivity index is 2.23. The van der Waals surface area contributed by atoms with E-state index >= 15 is 0 Å². The molecule has 1 amide bonds. The highest BCUT2D eigenvalue weighted by Crippen LogP contribution is 2.17. The molecular formula is C9H6FN5O3. The van der Waals surface area contributed by atoms with Gasteiger partial charge in [-0.2, -0.15) is 10.1 Å². The highest BCUT2D eigenvalue weighted by atomic mass is 19.1. The smallest absolute Gasteiger partial charge is 0.272 e. The zero-order valence-electron chi connectivity index (χ0n) is 8.75. The van der Waals surface area contributed by atoms with Gasteiger partial charge >= 0.3 is 0 Å². The van der Waals surface area contributed by atoms with Crippen molar-refractivity contribution < 1.29 is 14.1 Å². The summed E-state index contributed by atoms with van der Waals surface area (Å²) in [6.07, 6.45) is 1.17. The van der Waals surface area contributed by atoms with E-state index < -0.39 is 22.3 Å². The van der Waals surface area contributed by atoms with Crippen molar-refractivity contribution in [1.29, 1.82) is 0 Å². The van der Waals surface area contributed by atoms with Gasteiger partial charge < -0.3 is 0 Å². The Labute approximate surface area is 99.0 Å². The number of nitrogens with zero attached hydrogens (tertiary/aromatic N) is 3. The summed E-state index contributed by atoms with van der Waals surface area (Å²) in [5.41, 5.74) is -0.749. The molecule has 0 saturated carbocycles. The summed E-state index contributed by atoms with van der Waals surface area (Å²) >= 11 is 0. The van der Waals surface area contributed by atoms with E-state index in [0.717, 1.165) is 12.1 Å². The topological polar surface area (TPSA) is 114 Å². The van der Waals surface area contributed by atoms with Crippen molar-refractivity contribution in [3.63, 3.8) is 0 Å². The number of nitro groups is 1. The van der Waals surface area contributed by atoms with E-state index in [0.29, 0.717) is 6.07 Å². The Kier molecular flexibility index (Phi) is 2.96. The van der Waals surface area contributed by atoms with Crippen LogP contribution < -0.4 is 5.32 Å². The van der Waals surface area contributed by atoms with Crippen molar-refractivity contribution >= 4 is 17.5 Å². The molecule has 1 aromatic heterocycles. The quantitative estimate of drug-likeness (QED) is 0.626. The molecule has 0 bridgehead atoms. The number of nitrogens with one attached hydrogen (secondary N) is 2. The number of hydrogen-bond donors (Lipinski definition) is 2. The minimum Gasteiger partial charge on any atom is -0.291 e. The van der Waals surface area contributed by atoms with E-state index in [1.807, 2.05) is 0 Å². The van der Waals surface area contributed by atoms with Gasteiger partial charge in [0.2, 0.25) is 5.95 Å². The third-order valence-electron chi connectivity index (χ3n) is 2.06. The first-order valence-corrected chi connectivity index (χ1v) is 4.68. The molecule has 0 aliphatic heterocycles. The van der Waals surface area contributed by atoms with E-state index in [1.54, 1.807) is 0 Å². The maximum atomic E-state index is 13.5. The van der Waals surface area contributed by atoms with Crippen LogP contribution in [0.15, 0.2) is 24.5 Å². The fourth-order valence-electron chi connectivity index (χ4n) is 1.24. The summed E-state index contributed by atoms with van der Waals surface area (Å²) in [6.45, 7) is 0. The molecule has 2 aromatic rings. The molecule has 1 heterocycles. The number of rotatable bonds is 3. The monoisotopic (exact) mass is 251 g/mol. The first-order valence-electron chi connectivity index (χ1n) is 4.68. The number of benzene rings is 1. The van der Waals surface area contributed by atoms with Gasteiger partial charge in [-0.3, -0.25) is 20.2 Å². The van der Waals surface area contributed by atoms with Gasteiger partial charge in [0.1, 0.15) is 12.1 Å². The van der Waals surface area contributed by atoms with Crippen molar-refractivity contribution in [3.8, 4) is 0 Å². The molecule has 0 saturated heterocycles. The van der Waals surface area contributed by atoms with Crippen molar-refractivity contribution in [1.82, 2.24) is 15.2 Å². The van der Waals surface area contributed by atoms with Crippen LogP contribution in [0.5, 0.6) is 0 Å². The number of H-pyrrole nitrogens is 1. The van der Waals surface area contributed by atoms with Crippen LogP contribution in [-0.4, -0.2) is 26.0 Å². The van der Waals surface area contributed by atoms with Gasteiger partial charge in [0, 0.05) is 6.07 Å². The second-order valence-electron chi connectivity index (χ2n) is 3.21. The second kappa shape index (κ2) is 4.57. The molecule has 2 N–H and O–H groups in total. The average molecular weight is 251 g/mol. The molecule has 0 radical (unpaired) electrons. The lowest BCUT2D eigenvalue weighted by atomic mass is 10.2. The molecule has 92 valence electrons. The minimum atomic E-state index is -0.985. The summed E-state index contributed by atoms with van der Waals surface area (Å²) in [7, 11) is 0. The summed E-state index contributed by atoms with van der Waals surface area (Å²) in [4.78, 5) is 24.9. The minimum absolute atomic E-state index is 0.0535. The summed E-state index contributed by atoms with van der Waals surface area (Å²) in [6, 6.07) is 2.74. The normalized spacial score (nSPS) is 10.1. The third-order valence-corrected chi connectivity index (χ3v) is 2.06. The molecule has 9 heteroatoms. The lowest BCUT2D eigenvalue weighted by molar-refractivity contribution is -0.385.